The second-order valence-electron chi connectivity index (χ2n) is 4.07. The van der Waals surface area contributed by atoms with Crippen LogP contribution in [0.5, 0.6) is 0 Å². The van der Waals surface area contributed by atoms with Gasteiger partial charge in [0.2, 0.25) is 0 Å². The van der Waals surface area contributed by atoms with Crippen LogP contribution in [0.1, 0.15) is 26.5 Å². The highest BCUT2D eigenvalue weighted by atomic mass is 16.4. The van der Waals surface area contributed by atoms with Gasteiger partial charge < -0.3 is 20.7 Å². The molecule has 1 aromatic heterocycles. The fraction of sp³-hybridized carbons (Fsp3) is 0.154. The Hall–Kier alpha value is -2.67. The van der Waals surface area contributed by atoms with E-state index in [2.05, 4.69) is 20.6 Å². The van der Waals surface area contributed by atoms with Gasteiger partial charge in [-0.1, -0.05) is 18.2 Å². The monoisotopic (exact) mass is 274 g/mol. The van der Waals surface area contributed by atoms with Gasteiger partial charge in [-0.2, -0.15) is 0 Å². The van der Waals surface area contributed by atoms with E-state index >= 15 is 0 Å². The Morgan fingerprint density at radius 3 is 2.80 bits per heavy atom. The molecule has 0 bridgehead atoms. The molecule has 7 nitrogen and oxygen atoms in total. The van der Waals surface area contributed by atoms with Gasteiger partial charge in [0.25, 0.3) is 5.91 Å². The highest BCUT2D eigenvalue weighted by Crippen LogP contribution is 2.16. The van der Waals surface area contributed by atoms with E-state index in [9.17, 15) is 9.59 Å². The molecule has 4 N–H and O–H groups in total. The molecule has 2 rings (SSSR count). The van der Waals surface area contributed by atoms with Gasteiger partial charge in [0.1, 0.15) is 0 Å². The van der Waals surface area contributed by atoms with Crippen molar-refractivity contribution in [1.82, 2.24) is 15.3 Å². The van der Waals surface area contributed by atoms with Crippen LogP contribution in [0.25, 0.3) is 0 Å². The van der Waals surface area contributed by atoms with Crippen molar-refractivity contribution in [3.63, 3.8) is 0 Å². The van der Waals surface area contributed by atoms with Crippen molar-refractivity contribution in [1.29, 1.82) is 0 Å². The van der Waals surface area contributed by atoms with E-state index < -0.39 is 11.9 Å². The summed E-state index contributed by atoms with van der Waals surface area (Å²) in [5.74, 6) is -1.79. The molecule has 7 heteroatoms. The number of H-pyrrole nitrogens is 1. The van der Waals surface area contributed by atoms with Gasteiger partial charge in [-0.25, -0.2) is 9.78 Å². The highest BCUT2D eigenvalue weighted by molar-refractivity contribution is 6.08. The Kier molecular flexibility index (Phi) is 4.11. The van der Waals surface area contributed by atoms with Crippen LogP contribution in [-0.2, 0) is 6.54 Å². The SMILES string of the molecule is CNCc1ccccc1NC(=O)c1nc[nH]c1C(=O)O. The number of benzene rings is 1. The number of carboxylic acids is 1. The Morgan fingerprint density at radius 1 is 1.35 bits per heavy atom. The first-order valence-corrected chi connectivity index (χ1v) is 5.94. The summed E-state index contributed by atoms with van der Waals surface area (Å²) in [7, 11) is 1.80. The Morgan fingerprint density at radius 2 is 2.10 bits per heavy atom. The van der Waals surface area contributed by atoms with Gasteiger partial charge in [0, 0.05) is 12.2 Å². The molecule has 0 atom stereocenters. The van der Waals surface area contributed by atoms with E-state index in [4.69, 9.17) is 5.11 Å². The fourth-order valence-corrected chi connectivity index (χ4v) is 1.80. The van der Waals surface area contributed by atoms with Crippen LogP contribution in [0.4, 0.5) is 5.69 Å². The number of carbonyl (C=O) groups excluding carboxylic acids is 1. The van der Waals surface area contributed by atoms with Crippen LogP contribution in [0, 0.1) is 0 Å². The average Bonchev–Trinajstić information content (AvgIpc) is 2.91. The lowest BCUT2D eigenvalue weighted by molar-refractivity contribution is 0.0686. The maximum atomic E-state index is 12.1. The van der Waals surface area contributed by atoms with Crippen LogP contribution >= 0.6 is 0 Å². The summed E-state index contributed by atoms with van der Waals surface area (Å²) < 4.78 is 0. The molecule has 0 aliphatic rings. The minimum absolute atomic E-state index is 0.142. The number of para-hydroxylation sites is 1. The van der Waals surface area contributed by atoms with Crippen LogP contribution in [0.15, 0.2) is 30.6 Å². The highest BCUT2D eigenvalue weighted by Gasteiger charge is 2.20. The zero-order valence-electron chi connectivity index (χ0n) is 10.8. The predicted octanol–water partition coefficient (Wildman–Crippen LogP) is 1.08. The number of amides is 1. The number of hydrogen-bond donors (Lipinski definition) is 4. The number of imidazole rings is 1. The van der Waals surface area contributed by atoms with E-state index in [-0.39, 0.29) is 11.4 Å². The number of carboxylic acid groups (broad SMARTS) is 1. The van der Waals surface area contributed by atoms with Crippen molar-refractivity contribution in [3.05, 3.63) is 47.5 Å². The topological polar surface area (TPSA) is 107 Å². The van der Waals surface area contributed by atoms with Crippen molar-refractivity contribution in [2.45, 2.75) is 6.54 Å². The van der Waals surface area contributed by atoms with Gasteiger partial charge in [-0.05, 0) is 18.7 Å². The lowest BCUT2D eigenvalue weighted by Crippen LogP contribution is -2.18. The second kappa shape index (κ2) is 5.98. The van der Waals surface area contributed by atoms with E-state index in [0.29, 0.717) is 12.2 Å². The minimum atomic E-state index is -1.23. The number of carbonyl (C=O) groups is 2. The third-order valence-electron chi connectivity index (χ3n) is 2.70. The molecule has 0 spiro atoms. The van der Waals surface area contributed by atoms with Crippen molar-refractivity contribution in [2.24, 2.45) is 0 Å². The van der Waals surface area contributed by atoms with Gasteiger partial charge in [0.05, 0.1) is 6.33 Å². The molecule has 0 fully saturated rings. The number of nitrogens with one attached hydrogen (secondary N) is 3. The first kappa shape index (κ1) is 13.8. The second-order valence-corrected chi connectivity index (χ2v) is 4.07. The lowest BCUT2D eigenvalue weighted by Gasteiger charge is -2.10. The van der Waals surface area contributed by atoms with Gasteiger partial charge in [-0.3, -0.25) is 4.79 Å². The van der Waals surface area contributed by atoms with E-state index in [1.165, 1.54) is 6.33 Å². The van der Waals surface area contributed by atoms with E-state index in [1.54, 1.807) is 19.2 Å². The molecule has 1 aromatic carbocycles. The number of aromatic carboxylic acids is 1. The molecule has 2 aromatic rings. The molecule has 20 heavy (non-hydrogen) atoms. The summed E-state index contributed by atoms with van der Waals surface area (Å²) in [6.07, 6.45) is 1.18. The summed E-state index contributed by atoms with van der Waals surface area (Å²) in [6, 6.07) is 7.27. The first-order chi connectivity index (χ1) is 9.63. The zero-order chi connectivity index (χ0) is 14.5. The quantitative estimate of drug-likeness (QED) is 0.652. The van der Waals surface area contributed by atoms with Crippen molar-refractivity contribution in [2.75, 3.05) is 12.4 Å². The van der Waals surface area contributed by atoms with E-state index in [0.717, 1.165) is 5.56 Å². The summed E-state index contributed by atoms with van der Waals surface area (Å²) in [4.78, 5) is 29.2. The summed E-state index contributed by atoms with van der Waals surface area (Å²) >= 11 is 0. The van der Waals surface area contributed by atoms with E-state index in [1.807, 2.05) is 12.1 Å². The summed E-state index contributed by atoms with van der Waals surface area (Å²) in [6.45, 7) is 0.586. The number of hydrogen-bond acceptors (Lipinski definition) is 4. The van der Waals surface area contributed by atoms with Crippen molar-refractivity contribution < 1.29 is 14.7 Å². The molecule has 0 saturated heterocycles. The molecule has 0 radical (unpaired) electrons. The zero-order valence-corrected chi connectivity index (χ0v) is 10.8. The van der Waals surface area contributed by atoms with Crippen molar-refractivity contribution in [3.8, 4) is 0 Å². The summed E-state index contributed by atoms with van der Waals surface area (Å²) in [5, 5.41) is 14.6. The van der Waals surface area contributed by atoms with Gasteiger partial charge in [0.15, 0.2) is 11.4 Å². The molecular weight excluding hydrogens is 260 g/mol. The number of aromatic nitrogens is 2. The maximum Gasteiger partial charge on any atom is 0.354 e. The Balaban J connectivity index is 2.24. The smallest absolute Gasteiger partial charge is 0.354 e. The fourth-order valence-electron chi connectivity index (χ4n) is 1.80. The van der Waals surface area contributed by atoms with Crippen LogP contribution in [0.2, 0.25) is 0 Å². The number of anilines is 1. The molecule has 1 heterocycles. The summed E-state index contributed by atoms with van der Waals surface area (Å²) in [5.41, 5.74) is 1.15. The normalized spacial score (nSPS) is 10.2. The number of nitrogens with zero attached hydrogens (tertiary/aromatic N) is 1. The van der Waals surface area contributed by atoms with Crippen LogP contribution in [0.3, 0.4) is 0 Å². The lowest BCUT2D eigenvalue weighted by atomic mass is 10.1. The number of aromatic amines is 1. The molecule has 1 amide bonds. The molecule has 0 aliphatic heterocycles. The predicted molar refractivity (Wildman–Crippen MR) is 72.7 cm³/mol. The molecule has 0 unspecified atom stereocenters. The third kappa shape index (κ3) is 2.83. The number of rotatable bonds is 5. The average molecular weight is 274 g/mol. The Labute approximate surface area is 115 Å². The van der Waals surface area contributed by atoms with Crippen LogP contribution in [-0.4, -0.2) is 34.0 Å². The van der Waals surface area contributed by atoms with Gasteiger partial charge >= 0.3 is 5.97 Å². The molecule has 0 saturated carbocycles. The van der Waals surface area contributed by atoms with Crippen molar-refractivity contribution >= 4 is 17.6 Å². The third-order valence-corrected chi connectivity index (χ3v) is 2.70. The molecule has 104 valence electrons. The minimum Gasteiger partial charge on any atom is -0.477 e. The Bertz CT molecular complexity index is 636. The first-order valence-electron chi connectivity index (χ1n) is 5.94. The standard InChI is InChI=1S/C13H14N4O3/c1-14-6-8-4-2-3-5-9(8)17-12(18)10-11(13(19)20)16-7-15-10/h2-5,7,14H,6H2,1H3,(H,15,16)(H,17,18)(H,19,20). The molecular formula is C13H14N4O3. The molecule has 0 aliphatic carbocycles. The largest absolute Gasteiger partial charge is 0.477 e. The van der Waals surface area contributed by atoms with Crippen LogP contribution < -0.4 is 10.6 Å². The maximum absolute atomic E-state index is 12.1. The van der Waals surface area contributed by atoms with Gasteiger partial charge in [-0.15, -0.1) is 0 Å².